The molecule has 2 aromatic heterocycles. The fourth-order valence-electron chi connectivity index (χ4n) is 0.961. The maximum atomic E-state index is 4.20. The van der Waals surface area contributed by atoms with Gasteiger partial charge in [0, 0.05) is 0 Å². The molecule has 0 aliphatic carbocycles. The predicted octanol–water partition coefficient (Wildman–Crippen LogP) is 2.70. The van der Waals surface area contributed by atoms with Gasteiger partial charge in [-0.1, -0.05) is 6.07 Å². The zero-order valence-electron chi connectivity index (χ0n) is 5.46. The van der Waals surface area contributed by atoms with Crippen molar-refractivity contribution in [2.45, 2.75) is 0 Å². The van der Waals surface area contributed by atoms with Crippen molar-refractivity contribution >= 4 is 44.2 Å². The summed E-state index contributed by atoms with van der Waals surface area (Å²) in [5, 5.41) is 0. The molecule has 0 saturated carbocycles. The summed E-state index contributed by atoms with van der Waals surface area (Å²) in [4.78, 5) is 4.20. The van der Waals surface area contributed by atoms with Crippen molar-refractivity contribution in [2.75, 3.05) is 0 Å². The average Bonchev–Trinajstić information content (AvgIpc) is 2.34. The Morgan fingerprint density at radius 1 is 1.45 bits per heavy atom. The zero-order valence-corrected chi connectivity index (χ0v) is 9.20. The third-order valence-corrected chi connectivity index (χ3v) is 2.82. The molecule has 2 aromatic rings. The van der Waals surface area contributed by atoms with Gasteiger partial charge < -0.3 is 0 Å². The van der Waals surface area contributed by atoms with Crippen molar-refractivity contribution in [2.24, 2.45) is 0 Å². The summed E-state index contributed by atoms with van der Waals surface area (Å²) in [6, 6.07) is 5.95. The molecule has 0 atom stereocenters. The van der Waals surface area contributed by atoms with E-state index in [2.05, 4.69) is 43.5 Å². The highest BCUT2D eigenvalue weighted by atomic mass is 127. The minimum atomic E-state index is 0.976. The highest BCUT2D eigenvalue weighted by Crippen LogP contribution is 2.16. The van der Waals surface area contributed by atoms with E-state index in [1.165, 1.54) is 0 Å². The molecule has 2 rings (SSSR count). The lowest BCUT2D eigenvalue weighted by atomic mass is 10.5. The lowest BCUT2D eigenvalue weighted by Crippen LogP contribution is -1.87. The van der Waals surface area contributed by atoms with Crippen LogP contribution in [0.2, 0.25) is 0 Å². The van der Waals surface area contributed by atoms with Crippen LogP contribution in [-0.2, 0) is 0 Å². The van der Waals surface area contributed by atoms with Crippen LogP contribution in [0.5, 0.6) is 0 Å². The first-order chi connectivity index (χ1) is 5.29. The second-order valence-electron chi connectivity index (χ2n) is 2.12. The Morgan fingerprint density at radius 3 is 3.00 bits per heavy atom. The minimum absolute atomic E-state index is 0.976. The first kappa shape index (κ1) is 7.54. The van der Waals surface area contributed by atoms with Crippen LogP contribution in [0.25, 0.3) is 5.65 Å². The molecule has 0 bridgehead atoms. The molecule has 0 amide bonds. The summed E-state index contributed by atoms with van der Waals surface area (Å²) in [6.07, 6.45) is 1.85. The van der Waals surface area contributed by atoms with Crippen molar-refractivity contribution in [3.8, 4) is 0 Å². The van der Waals surface area contributed by atoms with Gasteiger partial charge in [0.25, 0.3) is 0 Å². The number of halogens is 2. The van der Waals surface area contributed by atoms with Crippen LogP contribution in [0.1, 0.15) is 0 Å². The average molecular weight is 323 g/mol. The van der Waals surface area contributed by atoms with E-state index in [0.29, 0.717) is 0 Å². The maximum Gasteiger partial charge on any atom is 0.138 e. The second-order valence-corrected chi connectivity index (χ2v) is 4.04. The molecular formula is C7H4BrIN2. The van der Waals surface area contributed by atoms with Crippen molar-refractivity contribution < 1.29 is 0 Å². The van der Waals surface area contributed by atoms with Crippen LogP contribution in [0, 0.1) is 3.70 Å². The smallest absolute Gasteiger partial charge is 0.138 e. The number of hydrogen-bond donors (Lipinski definition) is 0. The van der Waals surface area contributed by atoms with Crippen LogP contribution in [-0.4, -0.2) is 9.38 Å². The van der Waals surface area contributed by atoms with Crippen molar-refractivity contribution in [3.05, 3.63) is 32.7 Å². The van der Waals surface area contributed by atoms with Gasteiger partial charge in [-0.2, -0.15) is 0 Å². The Labute approximate surface area is 85.9 Å². The molecule has 2 nitrogen and oxygen atoms in total. The van der Waals surface area contributed by atoms with Gasteiger partial charge in [-0.15, -0.1) is 0 Å². The van der Waals surface area contributed by atoms with Gasteiger partial charge in [0.2, 0.25) is 0 Å². The molecule has 0 unspecified atom stereocenters. The quantitative estimate of drug-likeness (QED) is 0.538. The maximum absolute atomic E-state index is 4.20. The molecule has 0 radical (unpaired) electrons. The Morgan fingerprint density at radius 2 is 2.27 bits per heavy atom. The third-order valence-electron chi connectivity index (χ3n) is 1.44. The van der Waals surface area contributed by atoms with Gasteiger partial charge in [0.15, 0.2) is 0 Å². The normalized spacial score (nSPS) is 10.7. The van der Waals surface area contributed by atoms with E-state index in [9.17, 15) is 0 Å². The van der Waals surface area contributed by atoms with Crippen molar-refractivity contribution in [1.82, 2.24) is 9.38 Å². The molecule has 0 N–H and O–H groups in total. The topological polar surface area (TPSA) is 17.3 Å². The lowest BCUT2D eigenvalue weighted by Gasteiger charge is -1.96. The molecule has 2 heterocycles. The van der Waals surface area contributed by atoms with Crippen LogP contribution in [0.15, 0.2) is 29.0 Å². The summed E-state index contributed by atoms with van der Waals surface area (Å²) >= 11 is 5.69. The number of imidazole rings is 1. The van der Waals surface area contributed by atoms with Gasteiger partial charge >= 0.3 is 0 Å². The first-order valence-corrected chi connectivity index (χ1v) is 4.94. The van der Waals surface area contributed by atoms with Crippen LogP contribution < -0.4 is 0 Å². The largest absolute Gasteiger partial charge is 0.281 e. The van der Waals surface area contributed by atoms with Crippen LogP contribution in [0.3, 0.4) is 0 Å². The molecule has 0 saturated heterocycles. The third kappa shape index (κ3) is 1.18. The predicted molar refractivity (Wildman–Crippen MR) is 55.6 cm³/mol. The van der Waals surface area contributed by atoms with Crippen molar-refractivity contribution in [1.29, 1.82) is 0 Å². The highest BCUT2D eigenvalue weighted by Gasteiger charge is 2.00. The SMILES string of the molecule is Brc1cccc2ncc(I)n12. The molecular weight excluding hydrogens is 319 g/mol. The minimum Gasteiger partial charge on any atom is -0.281 e. The van der Waals surface area contributed by atoms with E-state index in [0.717, 1.165) is 14.0 Å². The number of hydrogen-bond acceptors (Lipinski definition) is 1. The summed E-state index contributed by atoms with van der Waals surface area (Å²) < 4.78 is 4.20. The summed E-state index contributed by atoms with van der Waals surface area (Å²) in [7, 11) is 0. The van der Waals surface area contributed by atoms with E-state index < -0.39 is 0 Å². The Balaban J connectivity index is 2.96. The Kier molecular flexibility index (Phi) is 1.88. The zero-order chi connectivity index (χ0) is 7.84. The van der Waals surface area contributed by atoms with Gasteiger partial charge in [-0.05, 0) is 50.7 Å². The van der Waals surface area contributed by atoms with E-state index in [1.807, 2.05) is 28.8 Å². The van der Waals surface area contributed by atoms with Gasteiger partial charge in [0.05, 0.1) is 10.8 Å². The van der Waals surface area contributed by atoms with Gasteiger partial charge in [-0.25, -0.2) is 4.98 Å². The first-order valence-electron chi connectivity index (χ1n) is 3.06. The molecule has 0 aromatic carbocycles. The van der Waals surface area contributed by atoms with Crippen LogP contribution >= 0.6 is 38.5 Å². The summed E-state index contributed by atoms with van der Waals surface area (Å²) in [6.45, 7) is 0. The van der Waals surface area contributed by atoms with E-state index >= 15 is 0 Å². The molecule has 11 heavy (non-hydrogen) atoms. The highest BCUT2D eigenvalue weighted by molar-refractivity contribution is 14.1. The second kappa shape index (κ2) is 2.75. The van der Waals surface area contributed by atoms with E-state index in [-0.39, 0.29) is 0 Å². The molecule has 0 aliphatic heterocycles. The number of rotatable bonds is 0. The molecule has 0 aliphatic rings. The van der Waals surface area contributed by atoms with Gasteiger partial charge in [-0.3, -0.25) is 4.40 Å². The van der Waals surface area contributed by atoms with Gasteiger partial charge in [0.1, 0.15) is 9.35 Å². The van der Waals surface area contributed by atoms with Crippen molar-refractivity contribution in [3.63, 3.8) is 0 Å². The fourth-order valence-corrected chi connectivity index (χ4v) is 2.46. The standard InChI is InChI=1S/C7H4BrIN2/c8-5-2-1-3-7-10-4-6(9)11(5)7/h1-4H. The number of aromatic nitrogens is 2. The van der Waals surface area contributed by atoms with E-state index in [1.54, 1.807) is 0 Å². The Bertz CT molecular complexity index is 396. The monoisotopic (exact) mass is 322 g/mol. The molecule has 4 heteroatoms. The molecule has 0 fully saturated rings. The summed E-state index contributed by atoms with van der Waals surface area (Å²) in [5.41, 5.74) is 0.976. The molecule has 56 valence electrons. The lowest BCUT2D eigenvalue weighted by molar-refractivity contribution is 1.11. The van der Waals surface area contributed by atoms with E-state index in [4.69, 9.17) is 0 Å². The Hall–Kier alpha value is -0.100. The number of fused-ring (bicyclic) bond motifs is 1. The molecule has 0 spiro atoms. The number of nitrogens with zero attached hydrogens (tertiary/aromatic N) is 2. The number of pyridine rings is 1. The summed E-state index contributed by atoms with van der Waals surface area (Å²) in [5.74, 6) is 0. The fraction of sp³-hybridized carbons (Fsp3) is 0. The van der Waals surface area contributed by atoms with Crippen LogP contribution in [0.4, 0.5) is 0 Å².